The van der Waals surface area contributed by atoms with Crippen LogP contribution in [0.25, 0.3) is 10.9 Å². The standard InChI is InChI=1S/C25H28N4O6S/c1-16-10-20(36(33,34)28-25(12-24(31)27-32)14-29(15-25)18(3)30)8-9-23(16)35-13-19-11-17(2)26-22-7-5-4-6-21(19)22/h4-11,28,32H,12-15H2,1-3H3,(H,27,31). The smallest absolute Gasteiger partial charge is 0.245 e. The van der Waals surface area contributed by atoms with E-state index in [4.69, 9.17) is 9.94 Å². The molecule has 1 fully saturated rings. The van der Waals surface area contributed by atoms with Gasteiger partial charge in [-0.05, 0) is 49.7 Å². The van der Waals surface area contributed by atoms with E-state index in [9.17, 15) is 18.0 Å². The van der Waals surface area contributed by atoms with Crippen LogP contribution in [-0.4, -0.2) is 54.0 Å². The number of hydroxylamine groups is 1. The number of para-hydroxylation sites is 1. The summed E-state index contributed by atoms with van der Waals surface area (Å²) in [5.74, 6) is -0.447. The number of aryl methyl sites for hydroxylation is 2. The summed E-state index contributed by atoms with van der Waals surface area (Å²) in [6.07, 6.45) is -0.313. The molecule has 2 aromatic carbocycles. The van der Waals surface area contributed by atoms with Gasteiger partial charge < -0.3 is 9.64 Å². The fourth-order valence-corrected chi connectivity index (χ4v) is 5.90. The number of pyridine rings is 1. The first-order valence-electron chi connectivity index (χ1n) is 11.3. The predicted molar refractivity (Wildman–Crippen MR) is 132 cm³/mol. The maximum Gasteiger partial charge on any atom is 0.245 e. The zero-order valence-corrected chi connectivity index (χ0v) is 21.1. The van der Waals surface area contributed by atoms with Gasteiger partial charge in [0.2, 0.25) is 21.8 Å². The zero-order valence-electron chi connectivity index (χ0n) is 20.2. The van der Waals surface area contributed by atoms with Gasteiger partial charge in [-0.25, -0.2) is 18.6 Å². The van der Waals surface area contributed by atoms with Crippen LogP contribution in [0.2, 0.25) is 0 Å². The number of ether oxygens (including phenoxy) is 1. The van der Waals surface area contributed by atoms with E-state index in [1.807, 2.05) is 37.3 Å². The number of sulfonamides is 1. The van der Waals surface area contributed by atoms with Gasteiger partial charge in [0.05, 0.1) is 22.4 Å². The quantitative estimate of drug-likeness (QED) is 0.311. The fraction of sp³-hybridized carbons (Fsp3) is 0.320. The Bertz CT molecular complexity index is 1430. The minimum atomic E-state index is -4.04. The highest BCUT2D eigenvalue weighted by atomic mass is 32.2. The molecule has 1 saturated heterocycles. The third kappa shape index (κ3) is 5.32. The third-order valence-electron chi connectivity index (χ3n) is 6.18. The molecule has 1 aliphatic rings. The van der Waals surface area contributed by atoms with Crippen LogP contribution in [0.3, 0.4) is 0 Å². The Morgan fingerprint density at radius 3 is 2.53 bits per heavy atom. The summed E-state index contributed by atoms with van der Waals surface area (Å²) >= 11 is 0. The lowest BCUT2D eigenvalue weighted by molar-refractivity contribution is -0.141. The van der Waals surface area contributed by atoms with Gasteiger partial charge in [-0.2, -0.15) is 0 Å². The maximum absolute atomic E-state index is 13.2. The number of carbonyl (C=O) groups excluding carboxylic acids is 2. The van der Waals surface area contributed by atoms with Crippen LogP contribution in [0.5, 0.6) is 5.75 Å². The Hall–Kier alpha value is -3.54. The van der Waals surface area contributed by atoms with Crippen molar-refractivity contribution in [1.82, 2.24) is 20.1 Å². The van der Waals surface area contributed by atoms with Crippen LogP contribution in [-0.2, 0) is 26.2 Å². The van der Waals surface area contributed by atoms with E-state index in [2.05, 4.69) is 9.71 Å². The lowest BCUT2D eigenvalue weighted by atomic mass is 9.87. The molecule has 2 heterocycles. The van der Waals surface area contributed by atoms with Crippen molar-refractivity contribution in [2.45, 2.75) is 44.2 Å². The summed E-state index contributed by atoms with van der Waals surface area (Å²) in [6.45, 7) is 5.36. The third-order valence-corrected chi connectivity index (χ3v) is 7.75. The molecular formula is C25H28N4O6S. The van der Waals surface area contributed by atoms with Crippen molar-refractivity contribution in [3.8, 4) is 5.75 Å². The van der Waals surface area contributed by atoms with Gasteiger partial charge in [-0.1, -0.05) is 18.2 Å². The number of fused-ring (bicyclic) bond motifs is 1. The molecule has 0 atom stereocenters. The Balaban J connectivity index is 1.52. The van der Waals surface area contributed by atoms with Crippen molar-refractivity contribution in [2.24, 2.45) is 0 Å². The molecule has 0 aliphatic carbocycles. The molecule has 1 aliphatic heterocycles. The lowest BCUT2D eigenvalue weighted by Gasteiger charge is -2.49. The van der Waals surface area contributed by atoms with Crippen molar-refractivity contribution in [3.05, 3.63) is 65.4 Å². The first-order valence-corrected chi connectivity index (χ1v) is 12.8. The van der Waals surface area contributed by atoms with E-state index < -0.39 is 21.5 Å². The normalized spacial score (nSPS) is 14.8. The second-order valence-electron chi connectivity index (χ2n) is 9.13. The molecule has 36 heavy (non-hydrogen) atoms. The van der Waals surface area contributed by atoms with Crippen LogP contribution >= 0.6 is 0 Å². The minimum absolute atomic E-state index is 0.00242. The van der Waals surface area contributed by atoms with Gasteiger partial charge in [-0.15, -0.1) is 0 Å². The molecule has 0 saturated carbocycles. The van der Waals surface area contributed by atoms with Gasteiger partial charge in [0.25, 0.3) is 0 Å². The first kappa shape index (κ1) is 25.5. The van der Waals surface area contributed by atoms with E-state index in [1.54, 1.807) is 13.0 Å². The zero-order chi connectivity index (χ0) is 26.1. The fourth-order valence-electron chi connectivity index (χ4n) is 4.43. The van der Waals surface area contributed by atoms with Crippen molar-refractivity contribution in [1.29, 1.82) is 0 Å². The minimum Gasteiger partial charge on any atom is -0.489 e. The number of likely N-dealkylation sites (tertiary alicyclic amines) is 1. The highest BCUT2D eigenvalue weighted by Gasteiger charge is 2.48. The number of nitrogens with zero attached hydrogens (tertiary/aromatic N) is 2. The number of carbonyl (C=O) groups is 2. The van der Waals surface area contributed by atoms with E-state index in [-0.39, 0.29) is 36.9 Å². The summed E-state index contributed by atoms with van der Waals surface area (Å²) in [5, 5.41) is 9.89. The summed E-state index contributed by atoms with van der Waals surface area (Å²) in [7, 11) is -4.04. The molecule has 2 amide bonds. The Morgan fingerprint density at radius 1 is 1.14 bits per heavy atom. The molecule has 0 spiro atoms. The number of hydrogen-bond donors (Lipinski definition) is 3. The second kappa shape index (κ2) is 9.84. The van der Waals surface area contributed by atoms with Crippen LogP contribution in [0.4, 0.5) is 0 Å². The SMILES string of the molecule is CC(=O)N1CC(CC(=O)NO)(NS(=O)(=O)c2ccc(OCc3cc(C)nc4ccccc34)c(C)c2)C1. The Kier molecular flexibility index (Phi) is 6.98. The summed E-state index contributed by atoms with van der Waals surface area (Å²) in [4.78, 5) is 29.4. The molecule has 3 N–H and O–H groups in total. The monoisotopic (exact) mass is 512 g/mol. The highest BCUT2D eigenvalue weighted by molar-refractivity contribution is 7.89. The average molecular weight is 513 g/mol. The average Bonchev–Trinajstić information content (AvgIpc) is 2.80. The largest absolute Gasteiger partial charge is 0.489 e. The van der Waals surface area contributed by atoms with E-state index >= 15 is 0 Å². The predicted octanol–water partition coefficient (Wildman–Crippen LogP) is 2.21. The summed E-state index contributed by atoms with van der Waals surface area (Å²) < 4.78 is 34.9. The number of rotatable bonds is 8. The molecule has 10 nitrogen and oxygen atoms in total. The molecule has 4 rings (SSSR count). The van der Waals surface area contributed by atoms with E-state index in [0.29, 0.717) is 11.3 Å². The second-order valence-corrected chi connectivity index (χ2v) is 10.8. The molecule has 0 bridgehead atoms. The molecule has 0 radical (unpaired) electrons. The highest BCUT2D eigenvalue weighted by Crippen LogP contribution is 2.29. The van der Waals surface area contributed by atoms with E-state index in [1.165, 1.54) is 29.4 Å². The van der Waals surface area contributed by atoms with Crippen LogP contribution in [0, 0.1) is 13.8 Å². The first-order chi connectivity index (χ1) is 17.0. The number of benzene rings is 2. The molecule has 3 aromatic rings. The Morgan fingerprint density at radius 2 is 1.86 bits per heavy atom. The Labute approximate surface area is 209 Å². The number of nitrogens with one attached hydrogen (secondary N) is 2. The topological polar surface area (TPSA) is 138 Å². The van der Waals surface area contributed by atoms with Gasteiger partial charge in [0.15, 0.2) is 0 Å². The molecular weight excluding hydrogens is 484 g/mol. The number of hydrogen-bond acceptors (Lipinski definition) is 7. The van der Waals surface area contributed by atoms with Gasteiger partial charge in [-0.3, -0.25) is 19.8 Å². The lowest BCUT2D eigenvalue weighted by Crippen LogP contribution is -2.71. The van der Waals surface area contributed by atoms with Crippen LogP contribution in [0.1, 0.15) is 30.2 Å². The van der Waals surface area contributed by atoms with Crippen molar-refractivity contribution in [3.63, 3.8) is 0 Å². The molecule has 11 heteroatoms. The summed E-state index contributed by atoms with van der Waals surface area (Å²) in [6, 6.07) is 14.3. The van der Waals surface area contributed by atoms with Crippen molar-refractivity contribution < 1.29 is 28.0 Å². The number of aromatic nitrogens is 1. The van der Waals surface area contributed by atoms with Crippen LogP contribution < -0.4 is 14.9 Å². The van der Waals surface area contributed by atoms with Crippen molar-refractivity contribution in [2.75, 3.05) is 13.1 Å². The molecule has 1 aromatic heterocycles. The molecule has 0 unspecified atom stereocenters. The number of amides is 2. The molecule has 190 valence electrons. The van der Waals surface area contributed by atoms with Gasteiger partial charge in [0, 0.05) is 36.7 Å². The van der Waals surface area contributed by atoms with Crippen LogP contribution in [0.15, 0.2) is 53.4 Å². The van der Waals surface area contributed by atoms with Gasteiger partial charge >= 0.3 is 0 Å². The summed E-state index contributed by atoms with van der Waals surface area (Å²) in [5.41, 5.74) is 3.66. The van der Waals surface area contributed by atoms with E-state index in [0.717, 1.165) is 22.2 Å². The van der Waals surface area contributed by atoms with Gasteiger partial charge in [0.1, 0.15) is 12.4 Å². The maximum atomic E-state index is 13.2. The van der Waals surface area contributed by atoms with Crippen molar-refractivity contribution >= 4 is 32.7 Å².